The number of hydrogen-bond acceptors (Lipinski definition) is 9. The minimum absolute atomic E-state index is 0.00889. The van der Waals surface area contributed by atoms with Crippen LogP contribution >= 0.6 is 23.2 Å². The number of aromatic nitrogens is 1. The second-order valence-corrected chi connectivity index (χ2v) is 19.0. The van der Waals surface area contributed by atoms with Crippen LogP contribution in [0.1, 0.15) is 43.7 Å². The van der Waals surface area contributed by atoms with Gasteiger partial charge in [-0.05, 0) is 80.5 Å². The van der Waals surface area contributed by atoms with E-state index in [2.05, 4.69) is 30.6 Å². The molecule has 5 atom stereocenters. The lowest BCUT2D eigenvalue weighted by atomic mass is 10.0. The fourth-order valence-electron chi connectivity index (χ4n) is 8.19. The van der Waals surface area contributed by atoms with Crippen LogP contribution in [0.3, 0.4) is 0 Å². The van der Waals surface area contributed by atoms with Crippen molar-refractivity contribution in [1.29, 1.82) is 0 Å². The molecule has 1 aliphatic rings. The van der Waals surface area contributed by atoms with E-state index in [9.17, 15) is 37.5 Å². The van der Waals surface area contributed by atoms with E-state index in [1.165, 1.54) is 30.0 Å². The van der Waals surface area contributed by atoms with Crippen LogP contribution in [0.25, 0.3) is 21.7 Å². The molecule has 0 spiro atoms. The Hall–Kier alpha value is -6.41. The second-order valence-electron chi connectivity index (χ2n) is 16.5. The number of guanidine groups is 1. The number of aromatic amines is 1. The van der Waals surface area contributed by atoms with Crippen LogP contribution in [0.2, 0.25) is 10.0 Å². The maximum atomic E-state index is 14.4. The number of nitrogens with one attached hydrogen (secondary N) is 5. The number of carbonyl (C=O) groups excluding carboxylic acids is 4. The highest BCUT2D eigenvalue weighted by molar-refractivity contribution is 7.89. The summed E-state index contributed by atoms with van der Waals surface area (Å²) in [6.45, 7) is 1.67. The van der Waals surface area contributed by atoms with Gasteiger partial charge >= 0.3 is 5.97 Å². The third-order valence-corrected chi connectivity index (χ3v) is 13.8. The fourth-order valence-corrected chi connectivity index (χ4v) is 9.93. The number of hydrogen-bond donors (Lipinski definition) is 8. The number of aliphatic imine (C=N–C) groups is 1. The first-order valence-electron chi connectivity index (χ1n) is 21.5. The Morgan fingerprint density at radius 2 is 1.57 bits per heavy atom. The number of nitrogens with zero attached hydrogens (tertiary/aromatic N) is 3. The van der Waals surface area contributed by atoms with Crippen molar-refractivity contribution in [3.05, 3.63) is 106 Å². The normalized spacial score (nSPS) is 15.6. The third kappa shape index (κ3) is 12.3. The quantitative estimate of drug-likeness (QED) is 0.0318. The molecule has 0 bridgehead atoms. The van der Waals surface area contributed by atoms with Gasteiger partial charge in [0.05, 0.1) is 14.9 Å². The largest absolute Gasteiger partial charge is 0.480 e. The number of para-hydroxylation sites is 1. The monoisotopic (exact) mass is 976 g/mol. The predicted molar refractivity (Wildman–Crippen MR) is 258 cm³/mol. The van der Waals surface area contributed by atoms with Gasteiger partial charge in [-0.15, -0.1) is 0 Å². The fraction of sp³-hybridized carbons (Fsp3) is 0.348. The molecule has 0 saturated carbocycles. The highest BCUT2D eigenvalue weighted by Crippen LogP contribution is 2.31. The Morgan fingerprint density at radius 3 is 2.28 bits per heavy atom. The lowest BCUT2D eigenvalue weighted by molar-refractivity contribution is -0.144. The lowest BCUT2D eigenvalue weighted by Crippen LogP contribution is -2.58. The molecule has 1 aromatic heterocycles. The molecular weight excluding hydrogens is 924 g/mol. The van der Waals surface area contributed by atoms with Gasteiger partial charge in [-0.25, -0.2) is 13.2 Å². The van der Waals surface area contributed by atoms with Gasteiger partial charge in [0.25, 0.3) is 0 Å². The van der Waals surface area contributed by atoms with E-state index >= 15 is 0 Å². The summed E-state index contributed by atoms with van der Waals surface area (Å²) in [5.41, 5.74) is 13.8. The van der Waals surface area contributed by atoms with Gasteiger partial charge < -0.3 is 47.3 Å². The van der Waals surface area contributed by atoms with E-state index in [-0.39, 0.29) is 66.1 Å². The van der Waals surface area contributed by atoms with Gasteiger partial charge in [-0.2, -0.15) is 4.72 Å². The van der Waals surface area contributed by atoms with Crippen molar-refractivity contribution in [2.45, 2.75) is 80.6 Å². The van der Waals surface area contributed by atoms with Crippen molar-refractivity contribution in [3.8, 4) is 0 Å². The zero-order chi connectivity index (χ0) is 48.6. The average Bonchev–Trinajstić information content (AvgIpc) is 3.95. The Balaban J connectivity index is 1.20. The molecule has 0 unspecified atom stereocenters. The zero-order valence-corrected chi connectivity index (χ0v) is 39.4. The number of carboxylic acids is 1. The maximum absolute atomic E-state index is 14.4. The SMILES string of the molecule is C[C@H](NC(=O)[C@H](CCCN=C(N)N)NC(=O)[C@H](Cc1ccc(Cl)c(Cl)c1)NS(=O)(=O)c1cccc2c(N(C)C)cccc12)C(=O)N1CCC[C@H]1C(=O)N[C@@H](Cc1c[nH]c2ccccc12)C(=O)O. The van der Waals surface area contributed by atoms with Crippen LogP contribution in [-0.4, -0.2) is 116 Å². The molecule has 1 saturated heterocycles. The highest BCUT2D eigenvalue weighted by Gasteiger charge is 2.39. The number of H-pyrrole nitrogens is 1. The number of anilines is 1. The molecule has 1 aliphatic heterocycles. The molecule has 356 valence electrons. The molecule has 67 heavy (non-hydrogen) atoms. The van der Waals surface area contributed by atoms with E-state index in [0.717, 1.165) is 16.6 Å². The number of likely N-dealkylation sites (tertiary alicyclic amines) is 1. The van der Waals surface area contributed by atoms with Gasteiger partial charge in [-0.1, -0.05) is 71.7 Å². The first-order chi connectivity index (χ1) is 31.8. The number of carbonyl (C=O) groups is 5. The van der Waals surface area contributed by atoms with Gasteiger partial charge in [-0.3, -0.25) is 24.2 Å². The first kappa shape index (κ1) is 50.0. The highest BCUT2D eigenvalue weighted by atomic mass is 35.5. The number of halogens is 2. The van der Waals surface area contributed by atoms with E-state index in [4.69, 9.17) is 34.7 Å². The van der Waals surface area contributed by atoms with Crippen LogP contribution in [-0.2, 0) is 46.8 Å². The maximum Gasteiger partial charge on any atom is 0.326 e. The smallest absolute Gasteiger partial charge is 0.326 e. The van der Waals surface area contributed by atoms with Crippen LogP contribution in [0.15, 0.2) is 94.9 Å². The number of carboxylic acid groups (broad SMARTS) is 1. The molecule has 6 rings (SSSR count). The summed E-state index contributed by atoms with van der Waals surface area (Å²) >= 11 is 12.5. The van der Waals surface area contributed by atoms with Gasteiger partial charge in [0.15, 0.2) is 5.96 Å². The van der Waals surface area contributed by atoms with E-state index in [1.54, 1.807) is 36.5 Å². The summed E-state index contributed by atoms with van der Waals surface area (Å²) in [6.07, 6.45) is 2.32. The standard InChI is InChI=1S/C46H54Cl2N10O8S/c1-26(44(62)58-21-9-16-39(58)43(61)55-37(45(63)64)24-28-25-52-34-13-5-4-10-29(28)34)53-41(59)35(14-8-20-51-46(49)50)54-42(60)36(23-27-18-19-32(47)33(48)22-27)56-67(65,66)40-17-7-11-30-31(40)12-6-15-38(30)57(2)3/h4-7,10-13,15,17-19,22,25-26,35-37,39,52,56H,8-9,14,16,20-21,23-24H2,1-3H3,(H,53,59)(H,54,60)(H,55,61)(H,63,64)(H4,49,50,51)/t26-,35-,36-,37-,39-/m0/s1. The van der Waals surface area contributed by atoms with E-state index < -0.39 is 69.8 Å². The summed E-state index contributed by atoms with van der Waals surface area (Å²) in [4.78, 5) is 78.6. The minimum atomic E-state index is -4.44. The molecule has 5 aromatic rings. The topological polar surface area (TPSA) is 275 Å². The van der Waals surface area contributed by atoms with Crippen LogP contribution in [0.5, 0.6) is 0 Å². The molecule has 1 fully saturated rings. The van der Waals surface area contributed by atoms with Crippen molar-refractivity contribution in [3.63, 3.8) is 0 Å². The number of aliphatic carboxylic acids is 1. The summed E-state index contributed by atoms with van der Waals surface area (Å²) < 4.78 is 31.2. The van der Waals surface area contributed by atoms with Crippen LogP contribution in [0, 0.1) is 0 Å². The van der Waals surface area contributed by atoms with Crippen molar-refractivity contribution < 1.29 is 37.5 Å². The molecular formula is C46H54Cl2N10O8S. The Kier molecular flexibility index (Phi) is 16.4. The molecule has 4 aromatic carbocycles. The van der Waals surface area contributed by atoms with Gasteiger partial charge in [0, 0.05) is 67.2 Å². The van der Waals surface area contributed by atoms with Crippen LogP contribution < -0.4 is 37.0 Å². The average molecular weight is 978 g/mol. The summed E-state index contributed by atoms with van der Waals surface area (Å²) in [6, 6.07) is 15.7. The molecule has 2 heterocycles. The van der Waals surface area contributed by atoms with E-state index in [1.807, 2.05) is 49.3 Å². The first-order valence-corrected chi connectivity index (χ1v) is 23.8. The number of benzene rings is 4. The second kappa shape index (κ2) is 21.9. The Labute approximate surface area is 397 Å². The Morgan fingerprint density at radius 1 is 0.866 bits per heavy atom. The zero-order valence-electron chi connectivity index (χ0n) is 37.1. The van der Waals surface area contributed by atoms with Crippen molar-refractivity contribution in [2.75, 3.05) is 32.1 Å². The minimum Gasteiger partial charge on any atom is -0.480 e. The summed E-state index contributed by atoms with van der Waals surface area (Å²) in [5, 5.41) is 20.3. The lowest BCUT2D eigenvalue weighted by Gasteiger charge is -2.29. The van der Waals surface area contributed by atoms with E-state index in [0.29, 0.717) is 28.3 Å². The predicted octanol–water partition coefficient (Wildman–Crippen LogP) is 3.43. The van der Waals surface area contributed by atoms with Crippen molar-refractivity contribution in [1.82, 2.24) is 30.6 Å². The third-order valence-electron chi connectivity index (χ3n) is 11.5. The molecule has 0 radical (unpaired) electrons. The van der Waals surface area contributed by atoms with Crippen molar-refractivity contribution >= 4 is 96.1 Å². The molecule has 10 N–H and O–H groups in total. The number of amides is 4. The number of sulfonamides is 1. The number of nitrogens with two attached hydrogens (primary N) is 2. The van der Waals surface area contributed by atoms with Crippen molar-refractivity contribution in [2.24, 2.45) is 16.5 Å². The summed E-state index contributed by atoms with van der Waals surface area (Å²) in [7, 11) is -0.767. The summed E-state index contributed by atoms with van der Waals surface area (Å²) in [5.74, 6) is -4.37. The Bertz CT molecular complexity index is 2800. The van der Waals surface area contributed by atoms with Gasteiger partial charge in [0.1, 0.15) is 30.2 Å². The van der Waals surface area contributed by atoms with Gasteiger partial charge in [0.2, 0.25) is 33.7 Å². The number of rotatable bonds is 20. The molecule has 4 amide bonds. The molecule has 0 aliphatic carbocycles. The van der Waals surface area contributed by atoms with Crippen LogP contribution in [0.4, 0.5) is 5.69 Å². The molecule has 18 nitrogen and oxygen atoms in total. The number of fused-ring (bicyclic) bond motifs is 2. The molecule has 21 heteroatoms.